The van der Waals surface area contributed by atoms with Crippen LogP contribution in [0.2, 0.25) is 0 Å². The summed E-state index contributed by atoms with van der Waals surface area (Å²) in [7, 11) is -4.31. The molecule has 2 aromatic heterocycles. The molecule has 0 atom stereocenters. The van der Waals surface area contributed by atoms with Crippen LogP contribution in [0.4, 0.5) is 5.69 Å². The van der Waals surface area contributed by atoms with Gasteiger partial charge >= 0.3 is 10.1 Å². The van der Waals surface area contributed by atoms with Gasteiger partial charge in [-0.15, -0.1) is 0 Å². The number of aryl methyl sites for hydroxylation is 2. The topological polar surface area (TPSA) is 130 Å². The molecule has 0 saturated heterocycles. The van der Waals surface area contributed by atoms with Gasteiger partial charge in [0.1, 0.15) is 11.2 Å². The van der Waals surface area contributed by atoms with Crippen molar-refractivity contribution in [2.45, 2.75) is 18.7 Å². The number of aromatic nitrogens is 4. The van der Waals surface area contributed by atoms with E-state index >= 15 is 0 Å². The van der Waals surface area contributed by atoms with Crippen molar-refractivity contribution in [3.63, 3.8) is 0 Å². The molecule has 0 aliphatic heterocycles. The zero-order valence-electron chi connectivity index (χ0n) is 12.6. The molecule has 11 heteroatoms. The van der Waals surface area contributed by atoms with E-state index in [0.717, 1.165) is 10.6 Å². The van der Waals surface area contributed by atoms with Gasteiger partial charge in [-0.3, -0.25) is 10.1 Å². The molecule has 0 spiro atoms. The first-order valence-electron chi connectivity index (χ1n) is 6.65. The maximum Gasteiger partial charge on any atom is 0.341 e. The Morgan fingerprint density at radius 1 is 1.25 bits per heavy atom. The lowest BCUT2D eigenvalue weighted by atomic mass is 10.2. The number of fused-ring (bicyclic) bond motifs is 1. The summed E-state index contributed by atoms with van der Waals surface area (Å²) in [5.41, 5.74) is 0.456. The van der Waals surface area contributed by atoms with Crippen molar-refractivity contribution in [3.8, 4) is 5.88 Å². The molecule has 0 aliphatic carbocycles. The lowest BCUT2D eigenvalue weighted by molar-refractivity contribution is -0.385. The smallest absolute Gasteiger partial charge is 0.341 e. The van der Waals surface area contributed by atoms with E-state index in [1.165, 1.54) is 31.5 Å². The van der Waals surface area contributed by atoms with Crippen LogP contribution in [0.25, 0.3) is 5.78 Å². The highest BCUT2D eigenvalue weighted by atomic mass is 32.2. The van der Waals surface area contributed by atoms with Crippen LogP contribution in [0.1, 0.15) is 11.3 Å². The highest BCUT2D eigenvalue weighted by Crippen LogP contribution is 2.25. The molecule has 3 rings (SSSR count). The summed E-state index contributed by atoms with van der Waals surface area (Å²) in [6, 6.07) is 4.90. The number of rotatable bonds is 4. The van der Waals surface area contributed by atoms with Gasteiger partial charge in [-0.1, -0.05) is 6.07 Å². The fourth-order valence-corrected chi connectivity index (χ4v) is 3.25. The second-order valence-corrected chi connectivity index (χ2v) is 6.47. The van der Waals surface area contributed by atoms with Crippen molar-refractivity contribution in [2.24, 2.45) is 0 Å². The van der Waals surface area contributed by atoms with Crippen LogP contribution in [0.3, 0.4) is 0 Å². The third-order valence-electron chi connectivity index (χ3n) is 3.19. The summed E-state index contributed by atoms with van der Waals surface area (Å²) in [4.78, 5) is 17.9. The number of hydrogen-bond acceptors (Lipinski definition) is 8. The van der Waals surface area contributed by atoms with Crippen LogP contribution in [0.5, 0.6) is 5.88 Å². The van der Waals surface area contributed by atoms with Crippen molar-refractivity contribution < 1.29 is 17.5 Å². The maximum atomic E-state index is 12.5. The van der Waals surface area contributed by atoms with Gasteiger partial charge in [-0.2, -0.15) is 23.0 Å². The molecule has 0 fully saturated rings. The molecule has 0 N–H and O–H groups in total. The number of hydrogen-bond donors (Lipinski definition) is 0. The first-order chi connectivity index (χ1) is 11.3. The SMILES string of the molecule is Cc1cc(OS(=O)(=O)c2cc([N+](=O)[O-])ccc2C)n2ncnc2n1. The summed E-state index contributed by atoms with van der Waals surface area (Å²) in [5, 5.41) is 14.7. The molecule has 2 heterocycles. The molecule has 3 aromatic rings. The van der Waals surface area contributed by atoms with E-state index < -0.39 is 15.0 Å². The van der Waals surface area contributed by atoms with Crippen molar-refractivity contribution in [1.82, 2.24) is 19.6 Å². The molecule has 0 amide bonds. The molecule has 0 radical (unpaired) electrons. The standard InChI is InChI=1S/C13H11N5O5S/c1-8-3-4-10(18(19)20)6-11(8)24(21,22)23-12-5-9(2)16-13-14-7-15-17(12)13/h3-7H,1-2H3. The third-order valence-corrected chi connectivity index (χ3v) is 4.56. The molecule has 1 aromatic carbocycles. The Morgan fingerprint density at radius 2 is 2.00 bits per heavy atom. The second-order valence-electron chi connectivity index (χ2n) is 4.95. The van der Waals surface area contributed by atoms with Gasteiger partial charge < -0.3 is 4.18 Å². The minimum atomic E-state index is -4.31. The molecular weight excluding hydrogens is 338 g/mol. The summed E-state index contributed by atoms with van der Waals surface area (Å²) in [5.74, 6) is 0.0665. The van der Waals surface area contributed by atoms with E-state index in [-0.39, 0.29) is 22.2 Å². The summed E-state index contributed by atoms with van der Waals surface area (Å²) < 4.78 is 31.3. The molecule has 0 aliphatic rings. The van der Waals surface area contributed by atoms with Gasteiger partial charge in [-0.05, 0) is 19.4 Å². The Hall–Kier alpha value is -3.08. The fourth-order valence-electron chi connectivity index (χ4n) is 2.09. The number of nitrogens with zero attached hydrogens (tertiary/aromatic N) is 5. The van der Waals surface area contributed by atoms with E-state index in [0.29, 0.717) is 11.3 Å². The quantitative estimate of drug-likeness (QED) is 0.393. The Bertz CT molecular complexity index is 1060. The van der Waals surface area contributed by atoms with Gasteiger partial charge in [0.25, 0.3) is 11.5 Å². The van der Waals surface area contributed by atoms with E-state index in [1.807, 2.05) is 0 Å². The Kier molecular flexibility index (Phi) is 3.64. The minimum absolute atomic E-state index is 0.110. The maximum absolute atomic E-state index is 12.5. The Balaban J connectivity index is 2.10. The van der Waals surface area contributed by atoms with Crippen LogP contribution < -0.4 is 4.18 Å². The van der Waals surface area contributed by atoms with Crippen molar-refractivity contribution >= 4 is 21.6 Å². The van der Waals surface area contributed by atoms with Gasteiger partial charge in [-0.25, -0.2) is 4.98 Å². The zero-order chi connectivity index (χ0) is 17.5. The molecule has 0 bridgehead atoms. The minimum Gasteiger partial charge on any atom is -0.358 e. The number of benzene rings is 1. The van der Waals surface area contributed by atoms with E-state index in [9.17, 15) is 18.5 Å². The third kappa shape index (κ3) is 2.76. The lowest BCUT2D eigenvalue weighted by Gasteiger charge is -2.10. The fraction of sp³-hybridized carbons (Fsp3) is 0.154. The van der Waals surface area contributed by atoms with Crippen LogP contribution in [-0.2, 0) is 10.1 Å². The summed E-state index contributed by atoms with van der Waals surface area (Å²) in [6.07, 6.45) is 1.21. The molecule has 124 valence electrons. The molecular formula is C13H11N5O5S. The Morgan fingerprint density at radius 3 is 2.71 bits per heavy atom. The first kappa shape index (κ1) is 15.8. The van der Waals surface area contributed by atoms with Crippen LogP contribution in [0.15, 0.2) is 35.5 Å². The van der Waals surface area contributed by atoms with Gasteiger partial charge in [0, 0.05) is 23.9 Å². The van der Waals surface area contributed by atoms with E-state index in [1.54, 1.807) is 6.92 Å². The van der Waals surface area contributed by atoms with Gasteiger partial charge in [0.2, 0.25) is 5.88 Å². The van der Waals surface area contributed by atoms with Crippen LogP contribution in [-0.4, -0.2) is 32.9 Å². The highest BCUT2D eigenvalue weighted by Gasteiger charge is 2.24. The molecule has 10 nitrogen and oxygen atoms in total. The molecule has 0 saturated carbocycles. The van der Waals surface area contributed by atoms with Crippen molar-refractivity contribution in [1.29, 1.82) is 0 Å². The summed E-state index contributed by atoms with van der Waals surface area (Å²) >= 11 is 0. The number of nitro benzene ring substituents is 1. The normalized spacial score (nSPS) is 11.6. The average Bonchev–Trinajstić information content (AvgIpc) is 2.95. The zero-order valence-corrected chi connectivity index (χ0v) is 13.4. The highest BCUT2D eigenvalue weighted by molar-refractivity contribution is 7.87. The average molecular weight is 349 g/mol. The van der Waals surface area contributed by atoms with Crippen LogP contribution >= 0.6 is 0 Å². The summed E-state index contributed by atoms with van der Waals surface area (Å²) in [6.45, 7) is 3.16. The Labute approximate surface area is 136 Å². The van der Waals surface area contributed by atoms with Gasteiger partial charge in [0.05, 0.1) is 4.92 Å². The number of non-ortho nitro benzene ring substituents is 1. The molecule has 0 unspecified atom stereocenters. The first-order valence-corrected chi connectivity index (χ1v) is 8.06. The monoisotopic (exact) mass is 349 g/mol. The molecule has 24 heavy (non-hydrogen) atoms. The largest absolute Gasteiger partial charge is 0.358 e. The van der Waals surface area contributed by atoms with E-state index in [2.05, 4.69) is 15.1 Å². The van der Waals surface area contributed by atoms with E-state index in [4.69, 9.17) is 4.18 Å². The van der Waals surface area contributed by atoms with Crippen LogP contribution in [0, 0.1) is 24.0 Å². The predicted molar refractivity (Wildman–Crippen MR) is 81.2 cm³/mol. The lowest BCUT2D eigenvalue weighted by Crippen LogP contribution is -2.14. The number of nitro groups is 1. The van der Waals surface area contributed by atoms with Gasteiger partial charge in [0.15, 0.2) is 0 Å². The predicted octanol–water partition coefficient (Wildman–Crippen LogP) is 1.42. The second kappa shape index (κ2) is 5.53. The van der Waals surface area contributed by atoms with Crippen molar-refractivity contribution in [2.75, 3.05) is 0 Å². The van der Waals surface area contributed by atoms with Crippen molar-refractivity contribution in [3.05, 3.63) is 52.0 Å².